The molecule has 3 rings (SSSR count). The molecule has 3 unspecified atom stereocenters. The molecule has 3 nitrogen and oxygen atoms in total. The summed E-state index contributed by atoms with van der Waals surface area (Å²) in [5.74, 6) is 1.33. The molecule has 3 atom stereocenters. The highest BCUT2D eigenvalue weighted by Crippen LogP contribution is 2.33. The van der Waals surface area contributed by atoms with Gasteiger partial charge in [-0.1, -0.05) is 6.92 Å². The Hall–Kier alpha value is -1.00. The van der Waals surface area contributed by atoms with Crippen LogP contribution < -0.4 is 5.32 Å². The standard InChI is InChI=1S/C14H20FN3/c1-2-14(13-4-3-12(15)7-17-13)18-8-10-5-16-6-11(10)9-18/h3-4,7,10-11,14,16H,2,5-6,8-9H2,1H3. The van der Waals surface area contributed by atoms with Gasteiger partial charge in [-0.05, 0) is 43.5 Å². The van der Waals surface area contributed by atoms with Crippen molar-refractivity contribution in [2.75, 3.05) is 26.2 Å². The van der Waals surface area contributed by atoms with E-state index in [9.17, 15) is 4.39 Å². The smallest absolute Gasteiger partial charge is 0.141 e. The highest BCUT2D eigenvalue weighted by Gasteiger charge is 2.38. The van der Waals surface area contributed by atoms with Crippen LogP contribution in [0.1, 0.15) is 25.1 Å². The van der Waals surface area contributed by atoms with E-state index in [-0.39, 0.29) is 5.82 Å². The first-order valence-electron chi connectivity index (χ1n) is 6.84. The van der Waals surface area contributed by atoms with Crippen molar-refractivity contribution in [3.63, 3.8) is 0 Å². The summed E-state index contributed by atoms with van der Waals surface area (Å²) in [6, 6.07) is 3.69. The maximum absolute atomic E-state index is 12.9. The topological polar surface area (TPSA) is 28.2 Å². The first kappa shape index (κ1) is 12.1. The molecule has 0 amide bonds. The molecule has 0 radical (unpaired) electrons. The maximum atomic E-state index is 12.9. The van der Waals surface area contributed by atoms with Crippen molar-refractivity contribution >= 4 is 0 Å². The number of likely N-dealkylation sites (tertiary alicyclic amines) is 1. The molecule has 2 aliphatic heterocycles. The fourth-order valence-electron chi connectivity index (χ4n) is 3.38. The third kappa shape index (κ3) is 2.15. The Balaban J connectivity index is 1.75. The quantitative estimate of drug-likeness (QED) is 0.885. The summed E-state index contributed by atoms with van der Waals surface area (Å²) in [6.07, 6.45) is 2.36. The Morgan fingerprint density at radius 3 is 2.67 bits per heavy atom. The van der Waals surface area contributed by atoms with Crippen molar-refractivity contribution in [2.45, 2.75) is 19.4 Å². The molecular weight excluding hydrogens is 229 g/mol. The molecule has 0 saturated carbocycles. The fraction of sp³-hybridized carbons (Fsp3) is 0.643. The molecule has 98 valence electrons. The Morgan fingerprint density at radius 1 is 1.39 bits per heavy atom. The van der Waals surface area contributed by atoms with Crippen LogP contribution >= 0.6 is 0 Å². The summed E-state index contributed by atoms with van der Waals surface area (Å²) in [4.78, 5) is 6.78. The minimum absolute atomic E-state index is 0.254. The molecule has 0 spiro atoms. The zero-order valence-corrected chi connectivity index (χ0v) is 10.8. The van der Waals surface area contributed by atoms with Crippen LogP contribution in [0.25, 0.3) is 0 Å². The van der Waals surface area contributed by atoms with E-state index in [0.29, 0.717) is 6.04 Å². The number of hydrogen-bond acceptors (Lipinski definition) is 3. The summed E-state index contributed by atoms with van der Waals surface area (Å²) in [5, 5.41) is 3.46. The lowest BCUT2D eigenvalue weighted by Gasteiger charge is -2.27. The molecule has 0 aliphatic carbocycles. The lowest BCUT2D eigenvalue weighted by molar-refractivity contribution is 0.218. The van der Waals surface area contributed by atoms with Gasteiger partial charge in [-0.15, -0.1) is 0 Å². The van der Waals surface area contributed by atoms with Gasteiger partial charge in [0.1, 0.15) is 5.82 Å². The predicted molar refractivity (Wildman–Crippen MR) is 68.6 cm³/mol. The number of pyridine rings is 1. The molecule has 0 aromatic carbocycles. The monoisotopic (exact) mass is 249 g/mol. The van der Waals surface area contributed by atoms with Gasteiger partial charge in [-0.2, -0.15) is 0 Å². The molecule has 3 heterocycles. The third-order valence-electron chi connectivity index (χ3n) is 4.34. The molecule has 1 N–H and O–H groups in total. The highest BCUT2D eigenvalue weighted by atomic mass is 19.1. The lowest BCUT2D eigenvalue weighted by Crippen LogP contribution is -2.30. The van der Waals surface area contributed by atoms with E-state index >= 15 is 0 Å². The average Bonchev–Trinajstić information content (AvgIpc) is 2.93. The lowest BCUT2D eigenvalue weighted by atomic mass is 10.0. The van der Waals surface area contributed by atoms with E-state index < -0.39 is 0 Å². The van der Waals surface area contributed by atoms with Gasteiger partial charge in [0.2, 0.25) is 0 Å². The van der Waals surface area contributed by atoms with Crippen LogP contribution in [0.15, 0.2) is 18.3 Å². The summed E-state index contributed by atoms with van der Waals surface area (Å²) in [6.45, 7) is 6.77. The van der Waals surface area contributed by atoms with Crippen LogP contribution in [-0.4, -0.2) is 36.1 Å². The van der Waals surface area contributed by atoms with Gasteiger partial charge in [0.05, 0.1) is 17.9 Å². The van der Waals surface area contributed by atoms with Gasteiger partial charge >= 0.3 is 0 Å². The van der Waals surface area contributed by atoms with E-state index in [1.54, 1.807) is 0 Å². The number of nitrogens with zero attached hydrogens (tertiary/aromatic N) is 2. The van der Waals surface area contributed by atoms with Crippen molar-refractivity contribution in [2.24, 2.45) is 11.8 Å². The number of fused-ring (bicyclic) bond motifs is 1. The van der Waals surface area contributed by atoms with E-state index in [1.165, 1.54) is 12.3 Å². The van der Waals surface area contributed by atoms with Crippen LogP contribution in [-0.2, 0) is 0 Å². The number of halogens is 1. The van der Waals surface area contributed by atoms with Gasteiger partial charge in [-0.25, -0.2) is 4.39 Å². The Labute approximate surface area is 107 Å². The molecule has 0 bridgehead atoms. The Kier molecular flexibility index (Phi) is 3.31. The second-order valence-electron chi connectivity index (χ2n) is 5.46. The fourth-order valence-corrected chi connectivity index (χ4v) is 3.38. The Morgan fingerprint density at radius 2 is 2.11 bits per heavy atom. The van der Waals surface area contributed by atoms with Gasteiger partial charge in [0.25, 0.3) is 0 Å². The van der Waals surface area contributed by atoms with Crippen LogP contribution in [0.3, 0.4) is 0 Å². The molecule has 1 aromatic heterocycles. The van der Waals surface area contributed by atoms with Crippen molar-refractivity contribution in [1.29, 1.82) is 0 Å². The van der Waals surface area contributed by atoms with E-state index in [1.807, 2.05) is 6.07 Å². The van der Waals surface area contributed by atoms with Crippen LogP contribution in [0, 0.1) is 17.7 Å². The zero-order valence-electron chi connectivity index (χ0n) is 10.8. The van der Waals surface area contributed by atoms with Crippen LogP contribution in [0.5, 0.6) is 0 Å². The molecule has 2 aliphatic rings. The summed E-state index contributed by atoms with van der Waals surface area (Å²) in [5.41, 5.74) is 1.01. The van der Waals surface area contributed by atoms with Gasteiger partial charge < -0.3 is 5.32 Å². The first-order valence-corrected chi connectivity index (χ1v) is 6.84. The molecule has 2 fully saturated rings. The molecule has 18 heavy (non-hydrogen) atoms. The maximum Gasteiger partial charge on any atom is 0.141 e. The van der Waals surface area contributed by atoms with E-state index in [2.05, 4.69) is 22.1 Å². The summed E-state index contributed by atoms with van der Waals surface area (Å²) in [7, 11) is 0. The van der Waals surface area contributed by atoms with E-state index in [0.717, 1.165) is 50.1 Å². The largest absolute Gasteiger partial charge is 0.316 e. The van der Waals surface area contributed by atoms with Crippen LogP contribution in [0.4, 0.5) is 4.39 Å². The predicted octanol–water partition coefficient (Wildman–Crippen LogP) is 1.82. The molecular formula is C14H20FN3. The number of rotatable bonds is 3. The summed E-state index contributed by atoms with van der Waals surface area (Å²) < 4.78 is 12.9. The van der Waals surface area contributed by atoms with Crippen molar-refractivity contribution in [1.82, 2.24) is 15.2 Å². The van der Waals surface area contributed by atoms with Crippen molar-refractivity contribution in [3.05, 3.63) is 29.8 Å². The SMILES string of the molecule is CCC(c1ccc(F)cn1)N1CC2CNCC2C1. The van der Waals surface area contributed by atoms with Gasteiger partial charge in [0.15, 0.2) is 0 Å². The van der Waals surface area contributed by atoms with Gasteiger partial charge in [-0.3, -0.25) is 9.88 Å². The summed E-state index contributed by atoms with van der Waals surface area (Å²) >= 11 is 0. The average molecular weight is 249 g/mol. The minimum Gasteiger partial charge on any atom is -0.316 e. The minimum atomic E-state index is -0.254. The molecule has 2 saturated heterocycles. The van der Waals surface area contributed by atoms with Crippen molar-refractivity contribution in [3.8, 4) is 0 Å². The zero-order chi connectivity index (χ0) is 12.5. The number of nitrogens with one attached hydrogen (secondary N) is 1. The van der Waals surface area contributed by atoms with Gasteiger partial charge in [0, 0.05) is 13.1 Å². The normalized spacial score (nSPS) is 29.4. The molecule has 4 heteroatoms. The second kappa shape index (κ2) is 4.94. The van der Waals surface area contributed by atoms with E-state index in [4.69, 9.17) is 0 Å². The number of aromatic nitrogens is 1. The first-order chi connectivity index (χ1) is 8.78. The van der Waals surface area contributed by atoms with Crippen molar-refractivity contribution < 1.29 is 4.39 Å². The third-order valence-corrected chi connectivity index (χ3v) is 4.34. The number of hydrogen-bond donors (Lipinski definition) is 1. The molecule has 1 aromatic rings. The second-order valence-corrected chi connectivity index (χ2v) is 5.46. The van der Waals surface area contributed by atoms with Crippen LogP contribution in [0.2, 0.25) is 0 Å². The Bertz CT molecular complexity index is 394. The highest BCUT2D eigenvalue weighted by molar-refractivity contribution is 5.11.